The normalized spacial score (nSPS) is 22.4. The van der Waals surface area contributed by atoms with Gasteiger partial charge in [-0.25, -0.2) is 0 Å². The summed E-state index contributed by atoms with van der Waals surface area (Å²) in [5.41, 5.74) is 7.07. The molecular weight excluding hydrogens is 242 g/mol. The number of pyridine rings is 1. The molecule has 4 heteroatoms. The predicted molar refractivity (Wildman–Crippen MR) is 78.8 cm³/mol. The van der Waals surface area contributed by atoms with Crippen molar-refractivity contribution in [1.82, 2.24) is 9.88 Å². The van der Waals surface area contributed by atoms with Gasteiger partial charge in [-0.05, 0) is 18.6 Å². The Morgan fingerprint density at radius 2 is 2.28 bits per heavy atom. The molecule has 0 bridgehead atoms. The van der Waals surface area contributed by atoms with Gasteiger partial charge in [0.25, 0.3) is 0 Å². The second-order valence-corrected chi connectivity index (χ2v) is 7.20. The fourth-order valence-corrected chi connectivity index (χ4v) is 3.49. The molecule has 1 saturated heterocycles. The van der Waals surface area contributed by atoms with Gasteiger partial charge in [0.05, 0.1) is 11.7 Å². The molecule has 1 fully saturated rings. The zero-order valence-corrected chi connectivity index (χ0v) is 12.1. The molecule has 2 heterocycles. The summed E-state index contributed by atoms with van der Waals surface area (Å²) in [6, 6.07) is 6.35. The molecule has 0 spiro atoms. The Morgan fingerprint density at radius 1 is 1.44 bits per heavy atom. The third-order valence-electron chi connectivity index (χ3n) is 3.57. The highest BCUT2D eigenvalue weighted by atomic mass is 32.2. The minimum absolute atomic E-state index is 0.265. The molecule has 1 unspecified atom stereocenters. The smallest absolute Gasteiger partial charge is 0.0644 e. The summed E-state index contributed by atoms with van der Waals surface area (Å²) < 4.78 is 0.387. The zero-order chi connectivity index (χ0) is 13.0. The Morgan fingerprint density at radius 3 is 2.94 bits per heavy atom. The van der Waals surface area contributed by atoms with E-state index in [0.29, 0.717) is 11.3 Å². The lowest BCUT2D eigenvalue weighted by atomic mass is 10.1. The average molecular weight is 265 g/mol. The van der Waals surface area contributed by atoms with Crippen LogP contribution >= 0.6 is 11.8 Å². The van der Waals surface area contributed by atoms with Crippen LogP contribution in [0.1, 0.15) is 32.0 Å². The molecule has 0 aliphatic carbocycles. The standard InChI is InChI=1S/C14H23N3S/c1-14(2)6-8-17(9-10-18-14)13(11-15)12-5-3-4-7-16-12/h3-5,7,13H,6,8-11,15H2,1-2H3. The van der Waals surface area contributed by atoms with Crippen molar-refractivity contribution in [2.24, 2.45) is 5.73 Å². The average Bonchev–Trinajstić information content (AvgIpc) is 2.54. The summed E-state index contributed by atoms with van der Waals surface area (Å²) in [5.74, 6) is 1.18. The van der Waals surface area contributed by atoms with E-state index in [2.05, 4.69) is 41.6 Å². The molecule has 1 atom stereocenters. The second-order valence-electron chi connectivity index (χ2n) is 5.40. The third-order valence-corrected chi connectivity index (χ3v) is 4.94. The van der Waals surface area contributed by atoms with Gasteiger partial charge in [-0.3, -0.25) is 9.88 Å². The first-order valence-electron chi connectivity index (χ1n) is 6.61. The Balaban J connectivity index is 2.09. The van der Waals surface area contributed by atoms with E-state index in [1.165, 1.54) is 12.2 Å². The van der Waals surface area contributed by atoms with E-state index >= 15 is 0 Å². The molecule has 0 aromatic carbocycles. The van der Waals surface area contributed by atoms with Crippen molar-refractivity contribution in [1.29, 1.82) is 0 Å². The lowest BCUT2D eigenvalue weighted by molar-refractivity contribution is 0.207. The van der Waals surface area contributed by atoms with Gasteiger partial charge in [-0.1, -0.05) is 19.9 Å². The fourth-order valence-electron chi connectivity index (χ4n) is 2.38. The van der Waals surface area contributed by atoms with Crippen LogP contribution in [-0.2, 0) is 0 Å². The predicted octanol–water partition coefficient (Wildman–Crippen LogP) is 2.30. The molecule has 18 heavy (non-hydrogen) atoms. The number of nitrogens with zero attached hydrogens (tertiary/aromatic N) is 2. The molecule has 100 valence electrons. The Bertz CT molecular complexity index is 367. The number of hydrogen-bond acceptors (Lipinski definition) is 4. The summed E-state index contributed by atoms with van der Waals surface area (Å²) in [7, 11) is 0. The molecule has 1 aromatic rings. The molecule has 2 N–H and O–H groups in total. The van der Waals surface area contributed by atoms with Gasteiger partial charge >= 0.3 is 0 Å². The Hall–Kier alpha value is -0.580. The largest absolute Gasteiger partial charge is 0.329 e. The Kier molecular flexibility index (Phi) is 4.65. The van der Waals surface area contributed by atoms with Gasteiger partial charge in [-0.2, -0.15) is 11.8 Å². The van der Waals surface area contributed by atoms with Crippen molar-refractivity contribution in [3.05, 3.63) is 30.1 Å². The van der Waals surface area contributed by atoms with Crippen molar-refractivity contribution in [3.8, 4) is 0 Å². The fraction of sp³-hybridized carbons (Fsp3) is 0.643. The monoisotopic (exact) mass is 265 g/mol. The molecule has 1 aromatic heterocycles. The van der Waals surface area contributed by atoms with Crippen LogP contribution in [0.4, 0.5) is 0 Å². The van der Waals surface area contributed by atoms with E-state index in [0.717, 1.165) is 18.8 Å². The lowest BCUT2D eigenvalue weighted by Crippen LogP contribution is -2.36. The summed E-state index contributed by atoms with van der Waals surface area (Å²) in [6.07, 6.45) is 3.06. The summed E-state index contributed by atoms with van der Waals surface area (Å²) >= 11 is 2.07. The number of hydrogen-bond donors (Lipinski definition) is 1. The molecule has 2 rings (SSSR count). The second kappa shape index (κ2) is 6.04. The van der Waals surface area contributed by atoms with Gasteiger partial charge < -0.3 is 5.73 Å². The van der Waals surface area contributed by atoms with E-state index in [1.54, 1.807) is 0 Å². The van der Waals surface area contributed by atoms with Crippen molar-refractivity contribution in [2.75, 3.05) is 25.4 Å². The van der Waals surface area contributed by atoms with E-state index < -0.39 is 0 Å². The van der Waals surface area contributed by atoms with Crippen molar-refractivity contribution >= 4 is 11.8 Å². The van der Waals surface area contributed by atoms with Crippen LogP contribution in [0.5, 0.6) is 0 Å². The maximum atomic E-state index is 5.97. The maximum absolute atomic E-state index is 5.97. The van der Waals surface area contributed by atoms with Crippen LogP contribution in [0.25, 0.3) is 0 Å². The van der Waals surface area contributed by atoms with Gasteiger partial charge in [0.15, 0.2) is 0 Å². The molecule has 1 aliphatic rings. The molecule has 0 saturated carbocycles. The Labute approximate surface area is 114 Å². The van der Waals surface area contributed by atoms with Gasteiger partial charge in [0.1, 0.15) is 0 Å². The highest BCUT2D eigenvalue weighted by molar-refractivity contribution is 8.00. The first-order chi connectivity index (χ1) is 8.62. The summed E-state index contributed by atoms with van der Waals surface area (Å²) in [4.78, 5) is 6.95. The minimum atomic E-state index is 0.265. The molecule has 3 nitrogen and oxygen atoms in total. The highest BCUT2D eigenvalue weighted by Gasteiger charge is 2.27. The zero-order valence-electron chi connectivity index (χ0n) is 11.3. The first kappa shape index (κ1) is 13.8. The van der Waals surface area contributed by atoms with Crippen LogP contribution < -0.4 is 5.73 Å². The van der Waals surface area contributed by atoms with Crippen LogP contribution in [-0.4, -0.2) is 40.0 Å². The summed E-state index contributed by atoms with van der Waals surface area (Å²) in [5, 5.41) is 0. The first-order valence-corrected chi connectivity index (χ1v) is 7.60. The summed E-state index contributed by atoms with van der Waals surface area (Å²) in [6.45, 7) is 7.52. The van der Waals surface area contributed by atoms with E-state index in [9.17, 15) is 0 Å². The van der Waals surface area contributed by atoms with Crippen molar-refractivity contribution in [2.45, 2.75) is 31.1 Å². The third kappa shape index (κ3) is 3.46. The van der Waals surface area contributed by atoms with Crippen LogP contribution in [0, 0.1) is 0 Å². The number of thioether (sulfide) groups is 1. The highest BCUT2D eigenvalue weighted by Crippen LogP contribution is 2.32. The van der Waals surface area contributed by atoms with Crippen molar-refractivity contribution in [3.63, 3.8) is 0 Å². The molecular formula is C14H23N3S. The van der Waals surface area contributed by atoms with Crippen LogP contribution in [0.3, 0.4) is 0 Å². The van der Waals surface area contributed by atoms with Gasteiger partial charge in [0.2, 0.25) is 0 Å². The van der Waals surface area contributed by atoms with E-state index in [-0.39, 0.29) is 6.04 Å². The molecule has 1 aliphatic heterocycles. The van der Waals surface area contributed by atoms with E-state index in [1.807, 2.05) is 18.3 Å². The molecule has 0 radical (unpaired) electrons. The SMILES string of the molecule is CC1(C)CCN(C(CN)c2ccccn2)CCS1. The number of aromatic nitrogens is 1. The van der Waals surface area contributed by atoms with Gasteiger partial charge in [0, 0.05) is 36.3 Å². The van der Waals surface area contributed by atoms with E-state index in [4.69, 9.17) is 5.73 Å². The maximum Gasteiger partial charge on any atom is 0.0644 e. The van der Waals surface area contributed by atoms with Crippen LogP contribution in [0.2, 0.25) is 0 Å². The van der Waals surface area contributed by atoms with Gasteiger partial charge in [-0.15, -0.1) is 0 Å². The van der Waals surface area contributed by atoms with Crippen LogP contribution in [0.15, 0.2) is 24.4 Å². The lowest BCUT2D eigenvalue weighted by Gasteiger charge is -2.29. The van der Waals surface area contributed by atoms with Crippen molar-refractivity contribution < 1.29 is 0 Å². The topological polar surface area (TPSA) is 42.1 Å². The molecule has 0 amide bonds. The quantitative estimate of drug-likeness (QED) is 0.910. The number of rotatable bonds is 3. The minimum Gasteiger partial charge on any atom is -0.329 e. The number of nitrogens with two attached hydrogens (primary N) is 1.